The standard InChI is InChI=1S/C10H22ClN/c1-3-5-8-12(10-7-11)9-6-4-2/h3-10H2,1-2H3. The van der Waals surface area contributed by atoms with E-state index < -0.39 is 0 Å². The van der Waals surface area contributed by atoms with Crippen LogP contribution in [0.25, 0.3) is 0 Å². The summed E-state index contributed by atoms with van der Waals surface area (Å²) in [6.07, 6.45) is 5.18. The van der Waals surface area contributed by atoms with Gasteiger partial charge in [-0.15, -0.1) is 11.6 Å². The van der Waals surface area contributed by atoms with Crippen LogP contribution in [0.1, 0.15) is 39.5 Å². The average Bonchev–Trinajstić information content (AvgIpc) is 2.10. The summed E-state index contributed by atoms with van der Waals surface area (Å²) in [5.41, 5.74) is 0. The molecule has 74 valence electrons. The van der Waals surface area contributed by atoms with Crippen LogP contribution in [-0.2, 0) is 0 Å². The highest BCUT2D eigenvalue weighted by molar-refractivity contribution is 6.18. The quantitative estimate of drug-likeness (QED) is 0.533. The highest BCUT2D eigenvalue weighted by Crippen LogP contribution is 1.99. The molecule has 0 unspecified atom stereocenters. The molecule has 2 heteroatoms. The SMILES string of the molecule is CCCCN(CCCl)CCCC. The lowest BCUT2D eigenvalue weighted by Crippen LogP contribution is -2.27. The molecule has 0 aromatic rings. The van der Waals surface area contributed by atoms with Crippen LogP contribution < -0.4 is 0 Å². The lowest BCUT2D eigenvalue weighted by Gasteiger charge is -2.20. The topological polar surface area (TPSA) is 3.24 Å². The summed E-state index contributed by atoms with van der Waals surface area (Å²) in [5, 5.41) is 0. The van der Waals surface area contributed by atoms with Crippen molar-refractivity contribution in [2.24, 2.45) is 0 Å². The normalized spacial score (nSPS) is 11.0. The summed E-state index contributed by atoms with van der Waals surface area (Å²) in [5.74, 6) is 0.771. The Bertz CT molecular complexity index is 77.9. The molecule has 1 nitrogen and oxygen atoms in total. The van der Waals surface area contributed by atoms with Gasteiger partial charge < -0.3 is 4.90 Å². The molecule has 0 aliphatic heterocycles. The van der Waals surface area contributed by atoms with Crippen molar-refractivity contribution in [3.05, 3.63) is 0 Å². The summed E-state index contributed by atoms with van der Waals surface area (Å²) in [6, 6.07) is 0. The van der Waals surface area contributed by atoms with Gasteiger partial charge in [-0.3, -0.25) is 0 Å². The maximum absolute atomic E-state index is 5.71. The summed E-state index contributed by atoms with van der Waals surface area (Å²) in [7, 11) is 0. The van der Waals surface area contributed by atoms with Crippen LogP contribution in [0.15, 0.2) is 0 Å². The molecule has 0 saturated heterocycles. The van der Waals surface area contributed by atoms with Gasteiger partial charge in [0.1, 0.15) is 0 Å². The van der Waals surface area contributed by atoms with E-state index in [9.17, 15) is 0 Å². The fourth-order valence-electron chi connectivity index (χ4n) is 1.22. The van der Waals surface area contributed by atoms with Gasteiger partial charge in [-0.05, 0) is 25.9 Å². The van der Waals surface area contributed by atoms with Gasteiger partial charge in [0.25, 0.3) is 0 Å². The van der Waals surface area contributed by atoms with E-state index in [1.54, 1.807) is 0 Å². The van der Waals surface area contributed by atoms with Gasteiger partial charge in [0.05, 0.1) is 0 Å². The van der Waals surface area contributed by atoms with Crippen LogP contribution >= 0.6 is 11.6 Å². The first-order valence-electron chi connectivity index (χ1n) is 5.13. The van der Waals surface area contributed by atoms with Gasteiger partial charge in [0.2, 0.25) is 0 Å². The van der Waals surface area contributed by atoms with Crippen molar-refractivity contribution in [3.8, 4) is 0 Å². The smallest absolute Gasteiger partial charge is 0.0351 e. The number of unbranched alkanes of at least 4 members (excludes halogenated alkanes) is 2. The van der Waals surface area contributed by atoms with E-state index in [-0.39, 0.29) is 0 Å². The maximum Gasteiger partial charge on any atom is 0.0351 e. The zero-order valence-electron chi connectivity index (χ0n) is 8.48. The molecule has 0 aromatic carbocycles. The fraction of sp³-hybridized carbons (Fsp3) is 1.00. The summed E-state index contributed by atoms with van der Waals surface area (Å²) >= 11 is 5.71. The second kappa shape index (κ2) is 9.34. The highest BCUT2D eigenvalue weighted by Gasteiger charge is 2.01. The van der Waals surface area contributed by atoms with Gasteiger partial charge in [-0.1, -0.05) is 26.7 Å². The van der Waals surface area contributed by atoms with E-state index in [1.165, 1.54) is 38.8 Å². The van der Waals surface area contributed by atoms with Crippen molar-refractivity contribution in [1.29, 1.82) is 0 Å². The van der Waals surface area contributed by atoms with Crippen molar-refractivity contribution in [1.82, 2.24) is 4.90 Å². The van der Waals surface area contributed by atoms with E-state index in [1.807, 2.05) is 0 Å². The molecule has 0 N–H and O–H groups in total. The predicted octanol–water partition coefficient (Wildman–Crippen LogP) is 3.13. The molecular formula is C10H22ClN. The molecule has 0 rings (SSSR count). The van der Waals surface area contributed by atoms with Gasteiger partial charge >= 0.3 is 0 Å². The third-order valence-electron chi connectivity index (χ3n) is 2.06. The summed E-state index contributed by atoms with van der Waals surface area (Å²) < 4.78 is 0. The molecule has 0 spiro atoms. The molecule has 0 heterocycles. The van der Waals surface area contributed by atoms with Crippen molar-refractivity contribution in [3.63, 3.8) is 0 Å². The Kier molecular flexibility index (Phi) is 9.53. The van der Waals surface area contributed by atoms with Crippen LogP contribution in [-0.4, -0.2) is 30.4 Å². The molecule has 0 aliphatic carbocycles. The van der Waals surface area contributed by atoms with Crippen LogP contribution in [0.5, 0.6) is 0 Å². The van der Waals surface area contributed by atoms with Crippen molar-refractivity contribution < 1.29 is 0 Å². The van der Waals surface area contributed by atoms with Crippen LogP contribution in [0, 0.1) is 0 Å². The molecule has 0 radical (unpaired) electrons. The molecule has 0 fully saturated rings. The van der Waals surface area contributed by atoms with Crippen LogP contribution in [0.4, 0.5) is 0 Å². The lowest BCUT2D eigenvalue weighted by atomic mass is 10.2. The van der Waals surface area contributed by atoms with Crippen LogP contribution in [0.3, 0.4) is 0 Å². The van der Waals surface area contributed by atoms with Gasteiger partial charge in [0.15, 0.2) is 0 Å². The van der Waals surface area contributed by atoms with E-state index in [0.717, 1.165) is 12.4 Å². The van der Waals surface area contributed by atoms with Gasteiger partial charge in [-0.2, -0.15) is 0 Å². The van der Waals surface area contributed by atoms with E-state index >= 15 is 0 Å². The lowest BCUT2D eigenvalue weighted by molar-refractivity contribution is 0.280. The van der Waals surface area contributed by atoms with Gasteiger partial charge in [0, 0.05) is 12.4 Å². The number of nitrogens with zero attached hydrogens (tertiary/aromatic N) is 1. The van der Waals surface area contributed by atoms with Crippen LogP contribution in [0.2, 0.25) is 0 Å². The van der Waals surface area contributed by atoms with E-state index in [4.69, 9.17) is 11.6 Å². The Morgan fingerprint density at radius 3 is 1.75 bits per heavy atom. The molecule has 0 amide bonds. The minimum absolute atomic E-state index is 0.771. The number of hydrogen-bond acceptors (Lipinski definition) is 1. The molecule has 0 bridgehead atoms. The van der Waals surface area contributed by atoms with E-state index in [0.29, 0.717) is 0 Å². The number of halogens is 1. The Hall–Kier alpha value is 0.250. The van der Waals surface area contributed by atoms with Gasteiger partial charge in [-0.25, -0.2) is 0 Å². The first-order valence-corrected chi connectivity index (χ1v) is 5.66. The van der Waals surface area contributed by atoms with Crippen molar-refractivity contribution in [2.45, 2.75) is 39.5 Å². The second-order valence-electron chi connectivity index (χ2n) is 3.24. The molecule has 0 aliphatic rings. The Balaban J connectivity index is 3.40. The van der Waals surface area contributed by atoms with E-state index in [2.05, 4.69) is 18.7 Å². The largest absolute Gasteiger partial charge is 0.302 e. The molecule has 12 heavy (non-hydrogen) atoms. The Morgan fingerprint density at radius 2 is 1.42 bits per heavy atom. The monoisotopic (exact) mass is 191 g/mol. The number of rotatable bonds is 8. The number of hydrogen-bond donors (Lipinski definition) is 0. The minimum Gasteiger partial charge on any atom is -0.302 e. The summed E-state index contributed by atoms with van der Waals surface area (Å²) in [6.45, 7) is 7.98. The maximum atomic E-state index is 5.71. The fourth-order valence-corrected chi connectivity index (χ4v) is 1.46. The molecule has 0 aromatic heterocycles. The minimum atomic E-state index is 0.771. The number of alkyl halides is 1. The zero-order valence-corrected chi connectivity index (χ0v) is 9.24. The molecule has 0 atom stereocenters. The van der Waals surface area contributed by atoms with Crippen molar-refractivity contribution in [2.75, 3.05) is 25.5 Å². The Labute approximate surface area is 82.1 Å². The first kappa shape index (κ1) is 12.2. The summed E-state index contributed by atoms with van der Waals surface area (Å²) in [4.78, 5) is 2.47. The molecular weight excluding hydrogens is 170 g/mol. The third-order valence-corrected chi connectivity index (χ3v) is 2.23. The molecule has 0 saturated carbocycles. The Morgan fingerprint density at radius 1 is 0.917 bits per heavy atom. The zero-order chi connectivity index (χ0) is 9.23. The van der Waals surface area contributed by atoms with Crippen molar-refractivity contribution >= 4 is 11.6 Å². The first-order chi connectivity index (χ1) is 5.85. The third kappa shape index (κ3) is 6.93. The predicted molar refractivity (Wildman–Crippen MR) is 57.0 cm³/mol. The second-order valence-corrected chi connectivity index (χ2v) is 3.62. The average molecular weight is 192 g/mol. The highest BCUT2D eigenvalue weighted by atomic mass is 35.5.